The van der Waals surface area contributed by atoms with Gasteiger partial charge in [0.1, 0.15) is 0 Å². The maximum Gasteiger partial charge on any atom is 1.00 e. The Labute approximate surface area is 95.2 Å². The van der Waals surface area contributed by atoms with Gasteiger partial charge in [0.15, 0.2) is 0 Å². The molecule has 6 heteroatoms. The molecule has 1 aromatic rings. The first-order valence-corrected chi connectivity index (χ1v) is 3.52. The van der Waals surface area contributed by atoms with Crippen LogP contribution in [0, 0.1) is 0 Å². The summed E-state index contributed by atoms with van der Waals surface area (Å²) in [5.41, 5.74) is 0. The molecule has 4 N–H and O–H groups in total. The fraction of sp³-hybridized carbons (Fsp3) is 0. The number of rotatable bonds is 1. The second kappa shape index (κ2) is 9.34. The molecule has 0 amide bonds. The minimum atomic E-state index is -2.08. The third-order valence-corrected chi connectivity index (χ3v) is 1.59. The van der Waals surface area contributed by atoms with E-state index < -0.39 is 11.1 Å². The van der Waals surface area contributed by atoms with Crippen LogP contribution in [0.5, 0.6) is 0 Å². The Morgan fingerprint density at radius 2 is 1.50 bits per heavy atom. The van der Waals surface area contributed by atoms with Crippen molar-refractivity contribution in [2.24, 2.45) is 0 Å². The van der Waals surface area contributed by atoms with Crippen molar-refractivity contribution in [1.82, 2.24) is 0 Å². The van der Waals surface area contributed by atoms with E-state index in [0.29, 0.717) is 4.90 Å². The maximum atomic E-state index is 10.2. The normalized spacial score (nSPS) is 9.75. The first-order chi connectivity index (χ1) is 4.30. The van der Waals surface area contributed by atoms with Gasteiger partial charge in [-0.25, -0.2) is 0 Å². The van der Waals surface area contributed by atoms with Crippen molar-refractivity contribution in [3.8, 4) is 0 Å². The molecule has 0 bridgehead atoms. The molecule has 12 heavy (non-hydrogen) atoms. The van der Waals surface area contributed by atoms with Crippen molar-refractivity contribution in [3.63, 3.8) is 0 Å². The van der Waals surface area contributed by atoms with Gasteiger partial charge in [-0.15, -0.1) is 0 Å². The molecule has 0 aliphatic heterocycles. The van der Waals surface area contributed by atoms with E-state index in [0.717, 1.165) is 0 Å². The van der Waals surface area contributed by atoms with Crippen molar-refractivity contribution >= 4 is 11.1 Å². The molecule has 0 heterocycles. The van der Waals surface area contributed by atoms with E-state index in [1.807, 2.05) is 0 Å². The Kier molecular flexibility index (Phi) is 14.1. The van der Waals surface area contributed by atoms with E-state index in [2.05, 4.69) is 0 Å². The van der Waals surface area contributed by atoms with Crippen molar-refractivity contribution in [3.05, 3.63) is 30.3 Å². The summed E-state index contributed by atoms with van der Waals surface area (Å²) in [5, 5.41) is 0. The average Bonchev–Trinajstić information content (AvgIpc) is 1.90. The van der Waals surface area contributed by atoms with Crippen LogP contribution in [0.1, 0.15) is 0 Å². The zero-order chi connectivity index (χ0) is 6.69. The smallest absolute Gasteiger partial charge is 0.768 e. The standard InChI is InChI=1S/C6H6O2S.Na.2H2O/c7-9(8)6-4-2-1-3-5-6;;;/h1-5H,(H,7,8);;2*1H2/q;+1;;/p-1. The number of hydrogen-bond donors (Lipinski definition) is 0. The molecule has 0 saturated heterocycles. The van der Waals surface area contributed by atoms with Crippen molar-refractivity contribution < 1.29 is 49.3 Å². The van der Waals surface area contributed by atoms with Crippen LogP contribution in [0.15, 0.2) is 35.2 Å². The fourth-order valence-corrected chi connectivity index (χ4v) is 0.911. The molecule has 1 unspecified atom stereocenters. The molecule has 4 nitrogen and oxygen atoms in total. The van der Waals surface area contributed by atoms with Crippen molar-refractivity contribution in [1.29, 1.82) is 0 Å². The molecule has 1 rings (SSSR count). The van der Waals surface area contributed by atoms with E-state index in [1.54, 1.807) is 30.3 Å². The van der Waals surface area contributed by atoms with Gasteiger partial charge in [-0.2, -0.15) is 0 Å². The minimum Gasteiger partial charge on any atom is -0.768 e. The quantitative estimate of drug-likeness (QED) is 0.343. The van der Waals surface area contributed by atoms with Gasteiger partial charge in [-0.3, -0.25) is 4.21 Å². The van der Waals surface area contributed by atoms with Gasteiger partial charge in [0, 0.05) is 4.90 Å². The Balaban J connectivity index is -0.000000270. The van der Waals surface area contributed by atoms with Crippen LogP contribution in [-0.2, 0) is 11.1 Å². The fourth-order valence-electron chi connectivity index (χ4n) is 0.532. The third-order valence-electron chi connectivity index (χ3n) is 0.936. The predicted octanol–water partition coefficient (Wildman–Crippen LogP) is -3.72. The summed E-state index contributed by atoms with van der Waals surface area (Å²) >= 11 is -2.08. The molecule has 1 aromatic carbocycles. The zero-order valence-corrected chi connectivity index (χ0v) is 9.43. The molecular formula is C6H9NaO4S. The predicted molar refractivity (Wildman–Crippen MR) is 40.9 cm³/mol. The van der Waals surface area contributed by atoms with E-state index in [1.165, 1.54) is 0 Å². The van der Waals surface area contributed by atoms with E-state index in [4.69, 9.17) is 0 Å². The Bertz CT molecular complexity index is 216. The van der Waals surface area contributed by atoms with Crippen LogP contribution < -0.4 is 29.6 Å². The summed E-state index contributed by atoms with van der Waals surface area (Å²) < 4.78 is 20.4. The summed E-state index contributed by atoms with van der Waals surface area (Å²) in [6.07, 6.45) is 0. The van der Waals surface area contributed by atoms with Crippen LogP contribution in [0.3, 0.4) is 0 Å². The maximum absolute atomic E-state index is 10.2. The molecule has 0 spiro atoms. The molecule has 0 saturated carbocycles. The van der Waals surface area contributed by atoms with Gasteiger partial charge >= 0.3 is 29.6 Å². The summed E-state index contributed by atoms with van der Waals surface area (Å²) in [5.74, 6) is 0. The van der Waals surface area contributed by atoms with Gasteiger partial charge in [-0.05, 0) is 23.2 Å². The van der Waals surface area contributed by atoms with E-state index in [-0.39, 0.29) is 40.5 Å². The van der Waals surface area contributed by atoms with Crippen LogP contribution in [-0.4, -0.2) is 19.7 Å². The van der Waals surface area contributed by atoms with Crippen LogP contribution in [0.25, 0.3) is 0 Å². The largest absolute Gasteiger partial charge is 1.00 e. The molecule has 1 atom stereocenters. The molecular weight excluding hydrogens is 191 g/mol. The second-order valence-electron chi connectivity index (χ2n) is 1.55. The minimum absolute atomic E-state index is 0. The van der Waals surface area contributed by atoms with Gasteiger partial charge in [0.05, 0.1) is 0 Å². The van der Waals surface area contributed by atoms with Crippen LogP contribution >= 0.6 is 0 Å². The van der Waals surface area contributed by atoms with E-state index in [9.17, 15) is 8.76 Å². The topological polar surface area (TPSA) is 103 Å². The molecule has 0 fully saturated rings. The molecule has 0 aromatic heterocycles. The van der Waals surface area contributed by atoms with Gasteiger partial charge in [0.25, 0.3) is 0 Å². The Hall–Kier alpha value is 0.250. The molecule has 0 radical (unpaired) electrons. The van der Waals surface area contributed by atoms with Crippen LogP contribution in [0.4, 0.5) is 0 Å². The summed E-state index contributed by atoms with van der Waals surface area (Å²) in [4.78, 5) is 0.331. The molecule has 0 aliphatic carbocycles. The first-order valence-electron chi connectivity index (χ1n) is 2.45. The summed E-state index contributed by atoms with van der Waals surface area (Å²) in [6, 6.07) is 8.23. The van der Waals surface area contributed by atoms with Gasteiger partial charge in [-0.1, -0.05) is 18.2 Å². The zero-order valence-electron chi connectivity index (χ0n) is 6.61. The number of benzene rings is 1. The van der Waals surface area contributed by atoms with Crippen molar-refractivity contribution in [2.45, 2.75) is 4.90 Å². The monoisotopic (exact) mass is 200 g/mol. The SMILES string of the molecule is O.O.O=S([O-])c1ccccc1.[Na+]. The summed E-state index contributed by atoms with van der Waals surface area (Å²) in [7, 11) is 0. The second-order valence-corrected chi connectivity index (χ2v) is 2.49. The summed E-state index contributed by atoms with van der Waals surface area (Å²) in [6.45, 7) is 0. The Morgan fingerprint density at radius 1 is 1.08 bits per heavy atom. The van der Waals surface area contributed by atoms with E-state index >= 15 is 0 Å². The Morgan fingerprint density at radius 3 is 1.75 bits per heavy atom. The first kappa shape index (κ1) is 18.1. The molecule has 64 valence electrons. The van der Waals surface area contributed by atoms with Crippen molar-refractivity contribution in [2.75, 3.05) is 0 Å². The van der Waals surface area contributed by atoms with Gasteiger partial charge < -0.3 is 15.5 Å². The average molecular weight is 200 g/mol. The third kappa shape index (κ3) is 5.84. The molecule has 0 aliphatic rings. The van der Waals surface area contributed by atoms with Gasteiger partial charge in [0.2, 0.25) is 0 Å². The van der Waals surface area contributed by atoms with Crippen LogP contribution in [0.2, 0.25) is 0 Å². The number of hydrogen-bond acceptors (Lipinski definition) is 2.